The summed E-state index contributed by atoms with van der Waals surface area (Å²) in [5, 5.41) is 0. The lowest BCUT2D eigenvalue weighted by molar-refractivity contribution is 0.142. The molecule has 21 heavy (non-hydrogen) atoms. The molecule has 0 saturated carbocycles. The third-order valence-electron chi connectivity index (χ3n) is 4.06. The smallest absolute Gasteiger partial charge is 0.246 e. The van der Waals surface area contributed by atoms with Gasteiger partial charge in [-0.1, -0.05) is 6.92 Å². The van der Waals surface area contributed by atoms with Gasteiger partial charge >= 0.3 is 0 Å². The van der Waals surface area contributed by atoms with Crippen molar-refractivity contribution in [3.63, 3.8) is 0 Å². The summed E-state index contributed by atoms with van der Waals surface area (Å²) in [5.74, 6) is -0.756. The Labute approximate surface area is 125 Å². The number of nitrogens with zero attached hydrogens (tertiary/aromatic N) is 2. The van der Waals surface area contributed by atoms with Gasteiger partial charge in [0.25, 0.3) is 0 Å². The molecule has 1 fully saturated rings. The van der Waals surface area contributed by atoms with Crippen LogP contribution in [-0.2, 0) is 10.0 Å². The van der Waals surface area contributed by atoms with Crippen LogP contribution in [0.4, 0.5) is 10.1 Å². The molecule has 1 atom stereocenters. The van der Waals surface area contributed by atoms with Crippen molar-refractivity contribution in [3.05, 3.63) is 24.0 Å². The Morgan fingerprint density at radius 2 is 1.90 bits per heavy atom. The Morgan fingerprint density at radius 3 is 2.48 bits per heavy atom. The van der Waals surface area contributed by atoms with Gasteiger partial charge in [0.1, 0.15) is 10.7 Å². The topological polar surface area (TPSA) is 66.6 Å². The number of hydrogen-bond donors (Lipinski definition) is 1. The van der Waals surface area contributed by atoms with Crippen molar-refractivity contribution in [3.8, 4) is 0 Å². The van der Waals surface area contributed by atoms with Crippen LogP contribution in [0.5, 0.6) is 0 Å². The first kappa shape index (κ1) is 16.2. The first-order valence-corrected chi connectivity index (χ1v) is 8.59. The van der Waals surface area contributed by atoms with Gasteiger partial charge in [-0.05, 0) is 31.5 Å². The van der Waals surface area contributed by atoms with Crippen LogP contribution in [0.15, 0.2) is 23.1 Å². The molecular weight excluding hydrogens is 293 g/mol. The number of nitrogen functional groups attached to an aromatic ring is 1. The van der Waals surface area contributed by atoms with Crippen molar-refractivity contribution in [2.24, 2.45) is 0 Å². The van der Waals surface area contributed by atoms with Gasteiger partial charge in [-0.15, -0.1) is 0 Å². The van der Waals surface area contributed by atoms with Crippen LogP contribution in [0, 0.1) is 5.82 Å². The molecule has 5 nitrogen and oxygen atoms in total. The zero-order valence-electron chi connectivity index (χ0n) is 12.4. The van der Waals surface area contributed by atoms with Crippen LogP contribution in [0.25, 0.3) is 0 Å². The minimum absolute atomic E-state index is 0.244. The van der Waals surface area contributed by atoms with Crippen LogP contribution in [0.2, 0.25) is 0 Å². The highest BCUT2D eigenvalue weighted by molar-refractivity contribution is 7.89. The lowest BCUT2D eigenvalue weighted by atomic mass is 10.2. The number of benzene rings is 1. The highest BCUT2D eigenvalue weighted by Gasteiger charge is 2.31. The van der Waals surface area contributed by atoms with Gasteiger partial charge < -0.3 is 5.73 Å². The number of anilines is 1. The lowest BCUT2D eigenvalue weighted by Crippen LogP contribution is -2.51. The molecule has 2 rings (SSSR count). The van der Waals surface area contributed by atoms with Gasteiger partial charge in [0, 0.05) is 37.9 Å². The first-order chi connectivity index (χ1) is 9.86. The maximum atomic E-state index is 13.8. The molecule has 0 radical (unpaired) electrons. The Bertz CT molecular complexity index is 598. The zero-order valence-corrected chi connectivity index (χ0v) is 13.2. The van der Waals surface area contributed by atoms with Crippen molar-refractivity contribution in [1.29, 1.82) is 0 Å². The van der Waals surface area contributed by atoms with E-state index in [9.17, 15) is 12.8 Å². The van der Waals surface area contributed by atoms with E-state index in [-0.39, 0.29) is 10.6 Å². The third kappa shape index (κ3) is 3.36. The Balaban J connectivity index is 2.17. The summed E-state index contributed by atoms with van der Waals surface area (Å²) in [6.45, 7) is 6.32. The monoisotopic (exact) mass is 315 g/mol. The van der Waals surface area contributed by atoms with E-state index in [1.54, 1.807) is 0 Å². The highest BCUT2D eigenvalue weighted by atomic mass is 32.2. The molecule has 0 spiro atoms. The van der Waals surface area contributed by atoms with Crippen LogP contribution < -0.4 is 5.73 Å². The van der Waals surface area contributed by atoms with Crippen LogP contribution in [-0.4, -0.2) is 49.8 Å². The number of halogens is 1. The van der Waals surface area contributed by atoms with Gasteiger partial charge in [-0.25, -0.2) is 12.8 Å². The maximum Gasteiger partial charge on any atom is 0.246 e. The molecule has 0 aliphatic carbocycles. The van der Waals surface area contributed by atoms with Gasteiger partial charge in [0.15, 0.2) is 0 Å². The van der Waals surface area contributed by atoms with Gasteiger partial charge in [0.05, 0.1) is 0 Å². The molecule has 1 unspecified atom stereocenters. The number of rotatable bonds is 4. The lowest BCUT2D eigenvalue weighted by Gasteiger charge is -2.37. The largest absolute Gasteiger partial charge is 0.399 e. The maximum absolute atomic E-state index is 13.8. The summed E-state index contributed by atoms with van der Waals surface area (Å²) in [7, 11) is -3.82. The Kier molecular flexibility index (Phi) is 4.85. The second kappa shape index (κ2) is 6.29. The summed E-state index contributed by atoms with van der Waals surface area (Å²) in [4.78, 5) is 1.92. The Morgan fingerprint density at radius 1 is 1.29 bits per heavy atom. The summed E-state index contributed by atoms with van der Waals surface area (Å²) in [6, 6.07) is 4.07. The predicted molar refractivity (Wildman–Crippen MR) is 80.9 cm³/mol. The Hall–Kier alpha value is -1.18. The van der Waals surface area contributed by atoms with Gasteiger partial charge in [0.2, 0.25) is 10.0 Å². The van der Waals surface area contributed by atoms with E-state index in [1.165, 1.54) is 16.4 Å². The molecule has 0 amide bonds. The van der Waals surface area contributed by atoms with Crippen molar-refractivity contribution >= 4 is 15.7 Å². The van der Waals surface area contributed by atoms with Crippen LogP contribution >= 0.6 is 0 Å². The molecule has 1 heterocycles. The van der Waals surface area contributed by atoms with E-state index in [1.807, 2.05) is 0 Å². The van der Waals surface area contributed by atoms with E-state index < -0.39 is 15.8 Å². The molecule has 1 aliphatic heterocycles. The highest BCUT2D eigenvalue weighted by Crippen LogP contribution is 2.23. The van der Waals surface area contributed by atoms with Crippen molar-refractivity contribution in [2.75, 3.05) is 31.9 Å². The molecule has 1 saturated heterocycles. The fraction of sp³-hybridized carbons (Fsp3) is 0.571. The molecule has 1 aromatic rings. The van der Waals surface area contributed by atoms with Gasteiger partial charge in [-0.2, -0.15) is 4.31 Å². The molecule has 1 aliphatic rings. The van der Waals surface area contributed by atoms with Crippen molar-refractivity contribution < 1.29 is 12.8 Å². The zero-order chi connectivity index (χ0) is 15.6. The summed E-state index contributed by atoms with van der Waals surface area (Å²) in [5.41, 5.74) is 5.82. The van der Waals surface area contributed by atoms with E-state index in [0.717, 1.165) is 12.5 Å². The van der Waals surface area contributed by atoms with Gasteiger partial charge in [-0.3, -0.25) is 4.90 Å². The number of hydrogen-bond acceptors (Lipinski definition) is 4. The number of sulfonamides is 1. The number of piperazine rings is 1. The number of nitrogens with two attached hydrogens (primary N) is 1. The standard InChI is InChI=1S/C14H22FN3O2S/c1-3-11(2)17-6-8-18(9-7-17)21(19,20)14-10-12(16)4-5-13(14)15/h4-5,10-11H,3,6-9,16H2,1-2H3. The first-order valence-electron chi connectivity index (χ1n) is 7.15. The quantitative estimate of drug-likeness (QED) is 0.855. The van der Waals surface area contributed by atoms with Crippen LogP contribution in [0.3, 0.4) is 0 Å². The molecular formula is C14H22FN3O2S. The third-order valence-corrected chi connectivity index (χ3v) is 5.97. The second-order valence-corrected chi connectivity index (χ2v) is 7.29. The minimum atomic E-state index is -3.82. The predicted octanol–water partition coefficient (Wildman–Crippen LogP) is 1.51. The SMILES string of the molecule is CCC(C)N1CCN(S(=O)(=O)c2cc(N)ccc2F)CC1. The average molecular weight is 315 g/mol. The summed E-state index contributed by atoms with van der Waals surface area (Å²) < 4.78 is 40.2. The molecule has 7 heteroatoms. The van der Waals surface area contributed by atoms with E-state index in [0.29, 0.717) is 32.2 Å². The summed E-state index contributed by atoms with van der Waals surface area (Å²) in [6.07, 6.45) is 1.02. The molecule has 118 valence electrons. The molecule has 1 aromatic carbocycles. The molecule has 0 bridgehead atoms. The average Bonchev–Trinajstić information content (AvgIpc) is 2.49. The fourth-order valence-corrected chi connectivity index (χ4v) is 4.02. The van der Waals surface area contributed by atoms with Crippen LogP contribution in [0.1, 0.15) is 20.3 Å². The van der Waals surface area contributed by atoms with E-state index in [2.05, 4.69) is 18.7 Å². The van der Waals surface area contributed by atoms with Crippen molar-refractivity contribution in [1.82, 2.24) is 9.21 Å². The molecule has 2 N–H and O–H groups in total. The van der Waals surface area contributed by atoms with E-state index in [4.69, 9.17) is 5.73 Å². The molecule has 0 aromatic heterocycles. The normalized spacial score (nSPS) is 19.6. The minimum Gasteiger partial charge on any atom is -0.399 e. The summed E-state index contributed by atoms with van der Waals surface area (Å²) >= 11 is 0. The fourth-order valence-electron chi connectivity index (χ4n) is 2.50. The van der Waals surface area contributed by atoms with Crippen molar-refractivity contribution in [2.45, 2.75) is 31.2 Å². The van der Waals surface area contributed by atoms with E-state index >= 15 is 0 Å². The second-order valence-electron chi connectivity index (χ2n) is 5.39.